The molecule has 0 aliphatic carbocycles. The van der Waals surface area contributed by atoms with Crippen molar-refractivity contribution in [1.29, 1.82) is 0 Å². The molecule has 0 aliphatic rings. The molecule has 3 aromatic heterocycles. The molecule has 0 atom stereocenters. The van der Waals surface area contributed by atoms with Crippen molar-refractivity contribution in [3.8, 4) is 0 Å². The van der Waals surface area contributed by atoms with Gasteiger partial charge < -0.3 is 4.40 Å². The van der Waals surface area contributed by atoms with Crippen molar-refractivity contribution in [2.45, 2.75) is 30.1 Å². The first-order valence-corrected chi connectivity index (χ1v) is 7.51. The lowest BCUT2D eigenvalue weighted by molar-refractivity contribution is 0.534. The van der Waals surface area contributed by atoms with Gasteiger partial charge in [0.15, 0.2) is 10.8 Å². The maximum Gasteiger partial charge on any atom is 0.344 e. The molecule has 0 aromatic carbocycles. The summed E-state index contributed by atoms with van der Waals surface area (Å²) >= 11 is 4.67. The van der Waals surface area contributed by atoms with Crippen molar-refractivity contribution < 1.29 is 0 Å². The van der Waals surface area contributed by atoms with Crippen LogP contribution in [0.5, 0.6) is 0 Å². The molecule has 3 heterocycles. The van der Waals surface area contributed by atoms with E-state index in [4.69, 9.17) is 0 Å². The molecule has 0 radical (unpaired) electrons. The second kappa shape index (κ2) is 5.06. The standard InChI is InChI=1S/C11H11BrN6OS/c1-6(2)18-10(19)15-16-11(18)20-9-8-13-3-4-17(8)5-7(12)14-9/h3-6H,1-2H3,(H,15,19). The van der Waals surface area contributed by atoms with E-state index < -0.39 is 0 Å². The maximum atomic E-state index is 11.7. The van der Waals surface area contributed by atoms with Crippen molar-refractivity contribution in [2.75, 3.05) is 0 Å². The smallest absolute Gasteiger partial charge is 0.302 e. The highest BCUT2D eigenvalue weighted by molar-refractivity contribution is 9.10. The second-order valence-electron chi connectivity index (χ2n) is 4.40. The van der Waals surface area contributed by atoms with E-state index in [0.717, 1.165) is 5.65 Å². The zero-order chi connectivity index (χ0) is 14.3. The van der Waals surface area contributed by atoms with Crippen LogP contribution < -0.4 is 5.69 Å². The fourth-order valence-electron chi connectivity index (χ4n) is 1.85. The second-order valence-corrected chi connectivity index (χ2v) is 6.17. The predicted molar refractivity (Wildman–Crippen MR) is 78.0 cm³/mol. The number of H-pyrrole nitrogens is 1. The first-order chi connectivity index (χ1) is 9.56. The molecule has 0 amide bonds. The summed E-state index contributed by atoms with van der Waals surface area (Å²) in [6, 6.07) is 0.0201. The molecule has 0 unspecified atom stereocenters. The van der Waals surface area contributed by atoms with Gasteiger partial charge in [-0.3, -0.25) is 4.57 Å². The number of hydrogen-bond acceptors (Lipinski definition) is 5. The molecule has 9 heteroatoms. The van der Waals surface area contributed by atoms with E-state index in [-0.39, 0.29) is 11.7 Å². The zero-order valence-corrected chi connectivity index (χ0v) is 13.1. The number of aromatic nitrogens is 6. The Morgan fingerprint density at radius 3 is 3.00 bits per heavy atom. The Morgan fingerprint density at radius 2 is 2.25 bits per heavy atom. The van der Waals surface area contributed by atoms with Crippen molar-refractivity contribution in [1.82, 2.24) is 29.1 Å². The van der Waals surface area contributed by atoms with Crippen LogP contribution >= 0.6 is 27.7 Å². The molecule has 0 aliphatic heterocycles. The molecule has 1 N–H and O–H groups in total. The summed E-state index contributed by atoms with van der Waals surface area (Å²) in [5, 5.41) is 7.77. The summed E-state index contributed by atoms with van der Waals surface area (Å²) in [7, 11) is 0. The van der Waals surface area contributed by atoms with E-state index in [9.17, 15) is 4.79 Å². The van der Waals surface area contributed by atoms with Gasteiger partial charge in [0.2, 0.25) is 0 Å². The van der Waals surface area contributed by atoms with Gasteiger partial charge >= 0.3 is 5.69 Å². The third-order valence-corrected chi connectivity index (χ3v) is 4.01. The Bertz CT molecular complexity index is 820. The number of hydrogen-bond donors (Lipinski definition) is 1. The first kappa shape index (κ1) is 13.4. The Hall–Kier alpha value is -1.61. The molecule has 0 saturated heterocycles. The van der Waals surface area contributed by atoms with Crippen LogP contribution in [0.15, 0.2) is 38.2 Å². The van der Waals surface area contributed by atoms with Gasteiger partial charge in [0, 0.05) is 24.6 Å². The van der Waals surface area contributed by atoms with Gasteiger partial charge in [0.25, 0.3) is 0 Å². The van der Waals surface area contributed by atoms with Gasteiger partial charge in [0.1, 0.15) is 9.63 Å². The summed E-state index contributed by atoms with van der Waals surface area (Å²) in [5.41, 5.74) is 0.501. The largest absolute Gasteiger partial charge is 0.344 e. The van der Waals surface area contributed by atoms with Crippen LogP contribution in [-0.2, 0) is 0 Å². The van der Waals surface area contributed by atoms with E-state index in [1.807, 2.05) is 30.6 Å². The Kier molecular flexibility index (Phi) is 3.38. The highest BCUT2D eigenvalue weighted by Crippen LogP contribution is 2.29. The summed E-state index contributed by atoms with van der Waals surface area (Å²) in [6.07, 6.45) is 5.37. The lowest BCUT2D eigenvalue weighted by Crippen LogP contribution is -2.19. The highest BCUT2D eigenvalue weighted by atomic mass is 79.9. The first-order valence-electron chi connectivity index (χ1n) is 5.90. The average molecular weight is 355 g/mol. The van der Waals surface area contributed by atoms with Crippen LogP contribution in [-0.4, -0.2) is 29.1 Å². The SMILES string of the molecule is CC(C)n1c(Sc2nc(Br)cn3ccnc23)n[nH]c1=O. The van der Waals surface area contributed by atoms with Gasteiger partial charge in [-0.2, -0.15) is 0 Å². The van der Waals surface area contributed by atoms with Crippen LogP contribution in [0.2, 0.25) is 0 Å². The van der Waals surface area contributed by atoms with E-state index >= 15 is 0 Å². The number of aromatic amines is 1. The maximum absolute atomic E-state index is 11.7. The number of imidazole rings is 1. The van der Waals surface area contributed by atoms with Crippen molar-refractivity contribution in [3.63, 3.8) is 0 Å². The van der Waals surface area contributed by atoms with E-state index in [1.54, 1.807) is 10.8 Å². The lowest BCUT2D eigenvalue weighted by atomic mass is 10.4. The van der Waals surface area contributed by atoms with Crippen LogP contribution in [0.25, 0.3) is 5.65 Å². The van der Waals surface area contributed by atoms with E-state index in [1.165, 1.54) is 11.8 Å². The van der Waals surface area contributed by atoms with E-state index in [0.29, 0.717) is 14.8 Å². The molecular weight excluding hydrogens is 344 g/mol. The van der Waals surface area contributed by atoms with Crippen molar-refractivity contribution in [2.24, 2.45) is 0 Å². The van der Waals surface area contributed by atoms with Gasteiger partial charge in [0.05, 0.1) is 0 Å². The zero-order valence-electron chi connectivity index (χ0n) is 10.7. The molecule has 104 valence electrons. The van der Waals surface area contributed by atoms with Crippen LogP contribution in [0.3, 0.4) is 0 Å². The predicted octanol–water partition coefficient (Wildman–Crippen LogP) is 2.11. The molecule has 20 heavy (non-hydrogen) atoms. The number of halogens is 1. The number of nitrogens with one attached hydrogen (secondary N) is 1. The van der Waals surface area contributed by atoms with Gasteiger partial charge in [-0.1, -0.05) is 0 Å². The summed E-state index contributed by atoms with van der Waals surface area (Å²) in [5.74, 6) is 0. The Labute approximate surface area is 126 Å². The normalized spacial score (nSPS) is 11.6. The lowest BCUT2D eigenvalue weighted by Gasteiger charge is -2.08. The molecule has 3 aromatic rings. The van der Waals surface area contributed by atoms with Crippen molar-refractivity contribution in [3.05, 3.63) is 33.7 Å². The minimum absolute atomic E-state index is 0.0201. The summed E-state index contributed by atoms with van der Waals surface area (Å²) in [4.78, 5) is 20.4. The number of fused-ring (bicyclic) bond motifs is 1. The molecule has 3 rings (SSSR count). The monoisotopic (exact) mass is 354 g/mol. The molecule has 7 nitrogen and oxygen atoms in total. The molecule has 0 bridgehead atoms. The van der Waals surface area contributed by atoms with Crippen LogP contribution in [0.1, 0.15) is 19.9 Å². The van der Waals surface area contributed by atoms with Crippen LogP contribution in [0.4, 0.5) is 0 Å². The average Bonchev–Trinajstić information content (AvgIpc) is 2.95. The summed E-state index contributed by atoms with van der Waals surface area (Å²) in [6.45, 7) is 3.86. The fourth-order valence-corrected chi connectivity index (χ4v) is 3.41. The third-order valence-electron chi connectivity index (χ3n) is 2.69. The topological polar surface area (TPSA) is 80.9 Å². The van der Waals surface area contributed by atoms with Crippen LogP contribution in [0, 0.1) is 0 Å². The Morgan fingerprint density at radius 1 is 1.45 bits per heavy atom. The minimum Gasteiger partial charge on any atom is -0.302 e. The molecule has 0 saturated carbocycles. The minimum atomic E-state index is -0.225. The van der Waals surface area contributed by atoms with E-state index in [2.05, 4.69) is 36.1 Å². The molecular formula is C11H11BrN6OS. The van der Waals surface area contributed by atoms with Gasteiger partial charge in [-0.05, 0) is 41.5 Å². The van der Waals surface area contributed by atoms with Gasteiger partial charge in [-0.15, -0.1) is 5.10 Å². The quantitative estimate of drug-likeness (QED) is 0.778. The Balaban J connectivity index is 2.10. The molecule has 0 fully saturated rings. The highest BCUT2D eigenvalue weighted by Gasteiger charge is 2.16. The fraction of sp³-hybridized carbons (Fsp3) is 0.273. The number of nitrogens with zero attached hydrogens (tertiary/aromatic N) is 5. The third kappa shape index (κ3) is 2.27. The summed E-state index contributed by atoms with van der Waals surface area (Å²) < 4.78 is 4.15. The number of rotatable bonds is 3. The molecule has 0 spiro atoms. The van der Waals surface area contributed by atoms with Gasteiger partial charge in [-0.25, -0.2) is 19.9 Å². The van der Waals surface area contributed by atoms with Crippen molar-refractivity contribution >= 4 is 33.3 Å².